The Hall–Kier alpha value is -1.10. The maximum atomic E-state index is 10.2. The van der Waals surface area contributed by atoms with Gasteiger partial charge in [-0.05, 0) is 13.8 Å². The van der Waals surface area contributed by atoms with Gasteiger partial charge in [-0.1, -0.05) is 0 Å². The minimum Gasteiger partial charge on any atom is -0.351 e. The summed E-state index contributed by atoms with van der Waals surface area (Å²) >= 11 is 0. The summed E-state index contributed by atoms with van der Waals surface area (Å²) in [5.41, 5.74) is 8.47. The first-order chi connectivity index (χ1) is 4.48. The molecule has 0 aromatic rings. The van der Waals surface area contributed by atoms with Crippen LogP contribution in [0.15, 0.2) is 0 Å². The van der Waals surface area contributed by atoms with Crippen molar-refractivity contribution in [1.29, 1.82) is 0 Å². The standard InChI is InChI=1S/C5H11N3O2/c1-5(2,3-9)8-7-4(6)10/h3,8H,1-2H3,(H3,6,7,10). The predicted molar refractivity (Wildman–Crippen MR) is 36.0 cm³/mol. The van der Waals surface area contributed by atoms with Crippen LogP contribution in [0, 0.1) is 0 Å². The van der Waals surface area contributed by atoms with Gasteiger partial charge in [0.2, 0.25) is 0 Å². The molecule has 0 rings (SSSR count). The lowest BCUT2D eigenvalue weighted by Gasteiger charge is -2.17. The molecular formula is C5H11N3O2. The molecule has 2 amide bonds. The summed E-state index contributed by atoms with van der Waals surface area (Å²) < 4.78 is 0. The highest BCUT2D eigenvalue weighted by atomic mass is 16.2. The van der Waals surface area contributed by atoms with Crippen LogP contribution in [-0.4, -0.2) is 17.9 Å². The summed E-state index contributed by atoms with van der Waals surface area (Å²) in [5, 5.41) is 0. The largest absolute Gasteiger partial charge is 0.351 e. The molecule has 0 atom stereocenters. The SMILES string of the molecule is CC(C)(C=O)NNC(N)=O. The number of hydrogen-bond donors (Lipinski definition) is 3. The van der Waals surface area contributed by atoms with Crippen molar-refractivity contribution in [3.05, 3.63) is 0 Å². The van der Waals surface area contributed by atoms with E-state index in [0.29, 0.717) is 6.29 Å². The Kier molecular flexibility index (Phi) is 2.82. The van der Waals surface area contributed by atoms with Crippen molar-refractivity contribution in [2.75, 3.05) is 0 Å². The van der Waals surface area contributed by atoms with Gasteiger partial charge in [0.05, 0.1) is 5.54 Å². The molecule has 5 heteroatoms. The average Bonchev–Trinajstić information content (AvgIpc) is 1.85. The Balaban J connectivity index is 3.67. The van der Waals surface area contributed by atoms with E-state index in [9.17, 15) is 9.59 Å². The van der Waals surface area contributed by atoms with Gasteiger partial charge in [-0.15, -0.1) is 0 Å². The van der Waals surface area contributed by atoms with Crippen molar-refractivity contribution in [1.82, 2.24) is 10.9 Å². The highest BCUT2D eigenvalue weighted by Gasteiger charge is 2.14. The highest BCUT2D eigenvalue weighted by molar-refractivity contribution is 5.72. The zero-order chi connectivity index (χ0) is 8.20. The normalized spacial score (nSPS) is 10.6. The van der Waals surface area contributed by atoms with Gasteiger partial charge in [0, 0.05) is 0 Å². The van der Waals surface area contributed by atoms with Crippen molar-refractivity contribution >= 4 is 12.3 Å². The monoisotopic (exact) mass is 145 g/mol. The molecule has 0 bridgehead atoms. The van der Waals surface area contributed by atoms with Gasteiger partial charge < -0.3 is 10.5 Å². The number of primary amides is 1. The number of aldehydes is 1. The summed E-state index contributed by atoms with van der Waals surface area (Å²) in [6.07, 6.45) is 0.670. The third-order valence-corrected chi connectivity index (χ3v) is 0.802. The summed E-state index contributed by atoms with van der Waals surface area (Å²) in [7, 11) is 0. The van der Waals surface area contributed by atoms with Gasteiger partial charge >= 0.3 is 6.03 Å². The second-order valence-electron chi connectivity index (χ2n) is 2.45. The minimum absolute atomic E-state index is 0.670. The first-order valence-corrected chi connectivity index (χ1v) is 2.77. The average molecular weight is 145 g/mol. The van der Waals surface area contributed by atoms with E-state index in [1.807, 2.05) is 0 Å². The molecule has 58 valence electrons. The molecular weight excluding hydrogens is 134 g/mol. The summed E-state index contributed by atoms with van der Waals surface area (Å²) in [6, 6.07) is -0.713. The lowest BCUT2D eigenvalue weighted by molar-refractivity contribution is -0.112. The van der Waals surface area contributed by atoms with Crippen LogP contribution in [-0.2, 0) is 4.79 Å². The van der Waals surface area contributed by atoms with E-state index in [4.69, 9.17) is 5.73 Å². The highest BCUT2D eigenvalue weighted by Crippen LogP contribution is 1.92. The fourth-order valence-electron chi connectivity index (χ4n) is 0.252. The Morgan fingerprint density at radius 3 is 2.40 bits per heavy atom. The van der Waals surface area contributed by atoms with Crippen molar-refractivity contribution in [2.24, 2.45) is 5.73 Å². The molecule has 0 spiro atoms. The third kappa shape index (κ3) is 3.85. The van der Waals surface area contributed by atoms with Crippen molar-refractivity contribution < 1.29 is 9.59 Å². The van der Waals surface area contributed by atoms with E-state index in [1.165, 1.54) is 0 Å². The molecule has 0 aromatic heterocycles. The zero-order valence-corrected chi connectivity index (χ0v) is 5.97. The molecule has 0 aliphatic heterocycles. The zero-order valence-electron chi connectivity index (χ0n) is 5.97. The van der Waals surface area contributed by atoms with Crippen LogP contribution in [0.1, 0.15) is 13.8 Å². The Morgan fingerprint density at radius 2 is 2.10 bits per heavy atom. The molecule has 0 fully saturated rings. The summed E-state index contributed by atoms with van der Waals surface area (Å²) in [4.78, 5) is 20.3. The fraction of sp³-hybridized carbons (Fsp3) is 0.600. The number of amides is 2. The lowest BCUT2D eigenvalue weighted by Crippen LogP contribution is -2.53. The molecule has 4 N–H and O–H groups in total. The van der Waals surface area contributed by atoms with Gasteiger partial charge in [-0.25, -0.2) is 10.2 Å². The number of nitrogens with one attached hydrogen (secondary N) is 2. The third-order valence-electron chi connectivity index (χ3n) is 0.802. The van der Waals surface area contributed by atoms with E-state index in [-0.39, 0.29) is 0 Å². The molecule has 0 saturated carbocycles. The summed E-state index contributed by atoms with van der Waals surface area (Å²) in [5.74, 6) is 0. The number of hydrogen-bond acceptors (Lipinski definition) is 3. The Labute approximate surface area is 58.9 Å². The smallest absolute Gasteiger partial charge is 0.326 e. The van der Waals surface area contributed by atoms with Crippen LogP contribution in [0.5, 0.6) is 0 Å². The Morgan fingerprint density at radius 1 is 1.60 bits per heavy atom. The first-order valence-electron chi connectivity index (χ1n) is 2.77. The number of urea groups is 1. The van der Waals surface area contributed by atoms with Crippen LogP contribution < -0.4 is 16.6 Å². The van der Waals surface area contributed by atoms with E-state index in [0.717, 1.165) is 0 Å². The van der Waals surface area contributed by atoms with Crippen LogP contribution in [0.25, 0.3) is 0 Å². The molecule has 10 heavy (non-hydrogen) atoms. The second-order valence-corrected chi connectivity index (χ2v) is 2.45. The molecule has 0 saturated heterocycles. The predicted octanol–water partition coefficient (Wildman–Crippen LogP) is -0.863. The van der Waals surface area contributed by atoms with Crippen LogP contribution in [0.4, 0.5) is 4.79 Å². The maximum Gasteiger partial charge on any atom is 0.326 e. The van der Waals surface area contributed by atoms with E-state index in [2.05, 4.69) is 10.9 Å². The maximum absolute atomic E-state index is 10.2. The number of hydrazine groups is 1. The van der Waals surface area contributed by atoms with Gasteiger partial charge in [-0.2, -0.15) is 0 Å². The van der Waals surface area contributed by atoms with Gasteiger partial charge in [-0.3, -0.25) is 5.43 Å². The quantitative estimate of drug-likeness (QED) is 0.357. The topological polar surface area (TPSA) is 84.2 Å². The molecule has 0 aliphatic rings. The van der Waals surface area contributed by atoms with Crippen LogP contribution in [0.3, 0.4) is 0 Å². The fourth-order valence-corrected chi connectivity index (χ4v) is 0.252. The van der Waals surface area contributed by atoms with E-state index >= 15 is 0 Å². The van der Waals surface area contributed by atoms with Gasteiger partial charge in [0.25, 0.3) is 0 Å². The molecule has 0 unspecified atom stereocenters. The molecule has 0 heterocycles. The van der Waals surface area contributed by atoms with E-state index in [1.54, 1.807) is 13.8 Å². The molecule has 5 nitrogen and oxygen atoms in total. The number of nitrogens with two attached hydrogens (primary N) is 1. The summed E-state index contributed by atoms with van der Waals surface area (Å²) in [6.45, 7) is 3.21. The van der Waals surface area contributed by atoms with Crippen LogP contribution in [0.2, 0.25) is 0 Å². The van der Waals surface area contributed by atoms with Crippen LogP contribution >= 0.6 is 0 Å². The first kappa shape index (κ1) is 8.90. The minimum atomic E-state index is -0.769. The Bertz CT molecular complexity index is 144. The number of rotatable bonds is 3. The number of carbonyl (C=O) groups is 2. The lowest BCUT2D eigenvalue weighted by atomic mass is 10.1. The van der Waals surface area contributed by atoms with Gasteiger partial charge in [0.15, 0.2) is 0 Å². The van der Waals surface area contributed by atoms with E-state index < -0.39 is 11.6 Å². The second kappa shape index (κ2) is 3.17. The van der Waals surface area contributed by atoms with Gasteiger partial charge in [0.1, 0.15) is 6.29 Å². The van der Waals surface area contributed by atoms with Crippen molar-refractivity contribution in [3.63, 3.8) is 0 Å². The molecule has 0 aliphatic carbocycles. The molecule has 0 aromatic carbocycles. The van der Waals surface area contributed by atoms with Crippen molar-refractivity contribution in [3.8, 4) is 0 Å². The molecule has 0 radical (unpaired) electrons. The van der Waals surface area contributed by atoms with Crippen molar-refractivity contribution in [2.45, 2.75) is 19.4 Å². The number of carbonyl (C=O) groups excluding carboxylic acids is 2.